The largest absolute Gasteiger partial charge is 0.298 e. The van der Waals surface area contributed by atoms with Crippen LogP contribution in [-0.4, -0.2) is 16.3 Å². The molecular formula is C21H24N2O. The van der Waals surface area contributed by atoms with E-state index in [2.05, 4.69) is 49.8 Å². The third kappa shape index (κ3) is 3.03. The first-order valence-corrected chi connectivity index (χ1v) is 8.43. The topological polar surface area (TPSA) is 42.9 Å². The molecule has 3 nitrogen and oxygen atoms in total. The number of aromatic nitrogens is 2. The number of rotatable bonds is 3. The van der Waals surface area contributed by atoms with Gasteiger partial charge < -0.3 is 0 Å². The third-order valence-electron chi connectivity index (χ3n) is 5.18. The van der Waals surface area contributed by atoms with Gasteiger partial charge in [-0.05, 0) is 58.6 Å². The number of hydrogen-bond acceptors (Lipinski definition) is 3. The van der Waals surface area contributed by atoms with Gasteiger partial charge in [-0.15, -0.1) is 0 Å². The van der Waals surface area contributed by atoms with Gasteiger partial charge in [0.05, 0.1) is 0 Å². The van der Waals surface area contributed by atoms with Crippen LogP contribution in [0, 0.1) is 0 Å². The van der Waals surface area contributed by atoms with Crippen LogP contribution >= 0.6 is 0 Å². The lowest BCUT2D eigenvalue weighted by Crippen LogP contribution is -2.34. The minimum atomic E-state index is 0.105. The Hall–Kier alpha value is -2.29. The van der Waals surface area contributed by atoms with E-state index in [1.807, 2.05) is 12.2 Å². The van der Waals surface area contributed by atoms with Crippen molar-refractivity contribution >= 4 is 18.4 Å². The second-order valence-corrected chi connectivity index (χ2v) is 7.85. The smallest absolute Gasteiger partial charge is 0.151 e. The molecule has 0 unspecified atom stereocenters. The van der Waals surface area contributed by atoms with E-state index in [9.17, 15) is 4.79 Å². The predicted molar refractivity (Wildman–Crippen MR) is 98.1 cm³/mol. The first kappa shape index (κ1) is 16.6. The van der Waals surface area contributed by atoms with Gasteiger partial charge in [0.2, 0.25) is 0 Å². The van der Waals surface area contributed by atoms with Crippen LogP contribution in [0.1, 0.15) is 73.4 Å². The first-order chi connectivity index (χ1) is 11.3. The SMILES string of the molecule is CC1(C)CCC(C)(C)c2cc(C=Cc3ncccn3)c(C=O)cc21. The molecule has 0 atom stereocenters. The van der Waals surface area contributed by atoms with Crippen LogP contribution in [0.25, 0.3) is 12.2 Å². The van der Waals surface area contributed by atoms with Crippen molar-refractivity contribution in [1.82, 2.24) is 9.97 Å². The quantitative estimate of drug-likeness (QED) is 0.762. The highest BCUT2D eigenvalue weighted by molar-refractivity contribution is 5.85. The van der Waals surface area contributed by atoms with Gasteiger partial charge in [0, 0.05) is 18.0 Å². The molecule has 2 aromatic rings. The molecule has 0 spiro atoms. The minimum absolute atomic E-state index is 0.105. The molecule has 0 N–H and O–H groups in total. The fourth-order valence-electron chi connectivity index (χ4n) is 3.45. The molecule has 1 aromatic heterocycles. The second-order valence-electron chi connectivity index (χ2n) is 7.85. The Labute approximate surface area is 143 Å². The van der Waals surface area contributed by atoms with Crippen molar-refractivity contribution < 1.29 is 4.79 Å². The Bertz CT molecular complexity index is 789. The van der Waals surface area contributed by atoms with Crippen LogP contribution in [0.2, 0.25) is 0 Å². The summed E-state index contributed by atoms with van der Waals surface area (Å²) in [6, 6.07) is 6.05. The summed E-state index contributed by atoms with van der Waals surface area (Å²) in [7, 11) is 0. The fourth-order valence-corrected chi connectivity index (χ4v) is 3.45. The molecule has 1 aliphatic carbocycles. The Balaban J connectivity index is 2.11. The zero-order valence-electron chi connectivity index (χ0n) is 14.8. The van der Waals surface area contributed by atoms with Crippen LogP contribution in [0.15, 0.2) is 30.6 Å². The van der Waals surface area contributed by atoms with Crippen molar-refractivity contribution in [2.75, 3.05) is 0 Å². The zero-order chi connectivity index (χ0) is 17.4. The van der Waals surface area contributed by atoms with Crippen LogP contribution in [-0.2, 0) is 10.8 Å². The summed E-state index contributed by atoms with van der Waals surface area (Å²) in [5, 5.41) is 0. The van der Waals surface area contributed by atoms with Crippen molar-refractivity contribution in [2.24, 2.45) is 0 Å². The van der Waals surface area contributed by atoms with E-state index in [1.165, 1.54) is 11.1 Å². The number of benzene rings is 1. The van der Waals surface area contributed by atoms with Gasteiger partial charge in [-0.1, -0.05) is 39.8 Å². The lowest BCUT2D eigenvalue weighted by molar-refractivity contribution is 0.112. The maximum absolute atomic E-state index is 11.6. The van der Waals surface area contributed by atoms with Gasteiger partial charge in [0.15, 0.2) is 12.1 Å². The normalized spacial score (nSPS) is 18.3. The first-order valence-electron chi connectivity index (χ1n) is 8.43. The monoisotopic (exact) mass is 320 g/mol. The molecular weight excluding hydrogens is 296 g/mol. The molecule has 1 aliphatic rings. The Morgan fingerprint density at radius 1 is 0.875 bits per heavy atom. The molecule has 124 valence electrons. The molecule has 1 aromatic carbocycles. The van der Waals surface area contributed by atoms with E-state index in [-0.39, 0.29) is 10.8 Å². The summed E-state index contributed by atoms with van der Waals surface area (Å²) >= 11 is 0. The number of hydrogen-bond donors (Lipinski definition) is 0. The van der Waals surface area contributed by atoms with Gasteiger partial charge >= 0.3 is 0 Å². The van der Waals surface area contributed by atoms with Gasteiger partial charge in [-0.2, -0.15) is 0 Å². The Kier molecular flexibility index (Phi) is 4.12. The highest BCUT2D eigenvalue weighted by Crippen LogP contribution is 2.46. The van der Waals surface area contributed by atoms with Crippen molar-refractivity contribution in [2.45, 2.75) is 51.4 Å². The molecule has 3 rings (SSSR count). The maximum atomic E-state index is 11.6. The molecule has 0 saturated carbocycles. The lowest BCUT2D eigenvalue weighted by atomic mass is 9.62. The van der Waals surface area contributed by atoms with Gasteiger partial charge in [0.1, 0.15) is 0 Å². The predicted octanol–water partition coefficient (Wildman–Crippen LogP) is 4.81. The Morgan fingerprint density at radius 2 is 1.42 bits per heavy atom. The van der Waals surface area contributed by atoms with Crippen LogP contribution in [0.5, 0.6) is 0 Å². The standard InChI is InChI=1S/C21H24N2O/c1-20(2)8-9-21(3,4)18-13-16(14-24)15(12-17(18)20)6-7-19-22-10-5-11-23-19/h5-7,10-14H,8-9H2,1-4H3. The fraction of sp³-hybridized carbons (Fsp3) is 0.381. The molecule has 0 bridgehead atoms. The molecule has 0 aliphatic heterocycles. The number of fused-ring (bicyclic) bond motifs is 1. The molecule has 3 heteroatoms. The van der Waals surface area contributed by atoms with Gasteiger partial charge in [-0.3, -0.25) is 4.79 Å². The van der Waals surface area contributed by atoms with Crippen molar-refractivity contribution in [1.29, 1.82) is 0 Å². The minimum Gasteiger partial charge on any atom is -0.298 e. The van der Waals surface area contributed by atoms with E-state index >= 15 is 0 Å². The molecule has 24 heavy (non-hydrogen) atoms. The number of nitrogens with zero attached hydrogens (tertiary/aromatic N) is 2. The maximum Gasteiger partial charge on any atom is 0.151 e. The molecule has 1 heterocycles. The number of aldehydes is 1. The van der Waals surface area contributed by atoms with E-state index in [1.54, 1.807) is 18.5 Å². The van der Waals surface area contributed by atoms with E-state index in [4.69, 9.17) is 0 Å². The molecule has 0 amide bonds. The van der Waals surface area contributed by atoms with E-state index in [0.717, 1.165) is 30.3 Å². The van der Waals surface area contributed by atoms with Crippen molar-refractivity contribution in [3.8, 4) is 0 Å². The van der Waals surface area contributed by atoms with E-state index in [0.29, 0.717) is 5.82 Å². The zero-order valence-corrected chi connectivity index (χ0v) is 14.8. The summed E-state index contributed by atoms with van der Waals surface area (Å²) in [6.45, 7) is 9.11. The summed E-state index contributed by atoms with van der Waals surface area (Å²) < 4.78 is 0. The highest BCUT2D eigenvalue weighted by Gasteiger charge is 2.37. The van der Waals surface area contributed by atoms with Gasteiger partial charge in [-0.25, -0.2) is 9.97 Å². The van der Waals surface area contributed by atoms with Crippen molar-refractivity contribution in [3.63, 3.8) is 0 Å². The number of carbonyl (C=O) groups excluding carboxylic acids is 1. The van der Waals surface area contributed by atoms with E-state index < -0.39 is 0 Å². The molecule has 0 saturated heterocycles. The summed E-state index contributed by atoms with van der Waals surface area (Å²) in [6.07, 6.45) is 10.5. The number of carbonyl (C=O) groups is 1. The molecule has 0 radical (unpaired) electrons. The Morgan fingerprint density at radius 3 is 1.96 bits per heavy atom. The second kappa shape index (κ2) is 5.97. The van der Waals surface area contributed by atoms with Crippen LogP contribution < -0.4 is 0 Å². The summed E-state index contributed by atoms with van der Waals surface area (Å²) in [5.74, 6) is 0.645. The van der Waals surface area contributed by atoms with Crippen LogP contribution in [0.3, 0.4) is 0 Å². The average molecular weight is 320 g/mol. The average Bonchev–Trinajstić information content (AvgIpc) is 2.57. The van der Waals surface area contributed by atoms with Crippen molar-refractivity contribution in [3.05, 3.63) is 58.7 Å². The summed E-state index contributed by atoms with van der Waals surface area (Å²) in [5.41, 5.74) is 4.53. The van der Waals surface area contributed by atoms with Crippen LogP contribution in [0.4, 0.5) is 0 Å². The molecule has 0 fully saturated rings. The van der Waals surface area contributed by atoms with Gasteiger partial charge in [0.25, 0.3) is 0 Å². The summed E-state index contributed by atoms with van der Waals surface area (Å²) in [4.78, 5) is 20.0. The third-order valence-corrected chi connectivity index (χ3v) is 5.18. The lowest BCUT2D eigenvalue weighted by Gasteiger charge is -2.42. The highest BCUT2D eigenvalue weighted by atomic mass is 16.1.